The van der Waals surface area contributed by atoms with Gasteiger partial charge in [0, 0.05) is 32.7 Å². The number of nitrogens with one attached hydrogen (secondary N) is 1. The monoisotopic (exact) mass is 425 g/mol. The highest BCUT2D eigenvalue weighted by Gasteiger charge is 2.39. The van der Waals surface area contributed by atoms with Gasteiger partial charge >= 0.3 is 5.97 Å². The number of fused-ring (bicyclic) bond motifs is 1. The van der Waals surface area contributed by atoms with Gasteiger partial charge in [0.25, 0.3) is 5.91 Å². The van der Waals surface area contributed by atoms with Crippen molar-refractivity contribution in [1.29, 1.82) is 0 Å². The zero-order chi connectivity index (χ0) is 21.8. The number of benzene rings is 1. The first-order valence-corrected chi connectivity index (χ1v) is 11.2. The first-order valence-electron chi connectivity index (χ1n) is 11.2. The number of hydrogen-bond acceptors (Lipinski definition) is 5. The molecule has 7 heteroatoms. The van der Waals surface area contributed by atoms with Crippen LogP contribution in [0.3, 0.4) is 0 Å². The second kappa shape index (κ2) is 9.22. The fourth-order valence-electron chi connectivity index (χ4n) is 4.51. The molecule has 1 aromatic heterocycles. The van der Waals surface area contributed by atoms with Crippen LogP contribution in [0, 0.1) is 12.3 Å². The molecule has 166 valence electrons. The van der Waals surface area contributed by atoms with Crippen LogP contribution in [0.2, 0.25) is 0 Å². The molecule has 2 aliphatic heterocycles. The standard InChI is InChI=1S/C24H31N3O4/c1-3-19-21-20(15-24(16-25-22(21)28)9-13-30-14-10-24)27(26-19)11-4-12-31-23(29)18-7-5-17(2)6-8-18/h5-8H,3-4,9-16H2,1-2H3,(H,25,28). The van der Waals surface area contributed by atoms with Gasteiger partial charge in [-0.25, -0.2) is 4.79 Å². The first kappa shape index (κ1) is 21.6. The van der Waals surface area contributed by atoms with Gasteiger partial charge in [-0.3, -0.25) is 9.48 Å². The number of rotatable bonds is 6. The van der Waals surface area contributed by atoms with E-state index in [0.29, 0.717) is 38.1 Å². The number of hydrogen-bond donors (Lipinski definition) is 1. The molecular weight excluding hydrogens is 394 g/mol. The van der Waals surface area contributed by atoms with E-state index in [9.17, 15) is 9.59 Å². The molecule has 2 aromatic rings. The fourth-order valence-corrected chi connectivity index (χ4v) is 4.51. The van der Waals surface area contributed by atoms with Crippen molar-refractivity contribution in [1.82, 2.24) is 15.1 Å². The Kier molecular flexibility index (Phi) is 6.41. The normalized spacial score (nSPS) is 17.7. The Morgan fingerprint density at radius 1 is 1.26 bits per heavy atom. The lowest BCUT2D eigenvalue weighted by atomic mass is 9.76. The van der Waals surface area contributed by atoms with Gasteiger partial charge in [0.2, 0.25) is 0 Å². The van der Waals surface area contributed by atoms with E-state index in [4.69, 9.17) is 14.6 Å². The Balaban J connectivity index is 1.44. The van der Waals surface area contributed by atoms with Crippen molar-refractivity contribution < 1.29 is 19.1 Å². The molecule has 31 heavy (non-hydrogen) atoms. The number of esters is 1. The van der Waals surface area contributed by atoms with E-state index in [0.717, 1.165) is 55.0 Å². The van der Waals surface area contributed by atoms with Gasteiger partial charge in [-0.1, -0.05) is 24.6 Å². The summed E-state index contributed by atoms with van der Waals surface area (Å²) in [5, 5.41) is 7.89. The van der Waals surface area contributed by atoms with E-state index in [2.05, 4.69) is 5.32 Å². The lowest BCUT2D eigenvalue weighted by Crippen LogP contribution is -2.40. The minimum absolute atomic E-state index is 0.0211. The van der Waals surface area contributed by atoms with Crippen molar-refractivity contribution in [2.45, 2.75) is 52.5 Å². The summed E-state index contributed by atoms with van der Waals surface area (Å²) in [6.07, 6.45) is 4.05. The van der Waals surface area contributed by atoms with E-state index in [-0.39, 0.29) is 17.3 Å². The summed E-state index contributed by atoms with van der Waals surface area (Å²) < 4.78 is 13.0. The molecule has 0 radical (unpaired) electrons. The largest absolute Gasteiger partial charge is 0.462 e. The predicted octanol–water partition coefficient (Wildman–Crippen LogP) is 3.08. The molecule has 4 rings (SSSR count). The van der Waals surface area contributed by atoms with Gasteiger partial charge in [0.1, 0.15) is 0 Å². The van der Waals surface area contributed by atoms with Crippen LogP contribution in [-0.2, 0) is 28.9 Å². The summed E-state index contributed by atoms with van der Waals surface area (Å²) >= 11 is 0. The molecule has 1 saturated heterocycles. The van der Waals surface area contributed by atoms with Gasteiger partial charge in [0.15, 0.2) is 0 Å². The average molecular weight is 426 g/mol. The molecule has 7 nitrogen and oxygen atoms in total. The van der Waals surface area contributed by atoms with Crippen molar-refractivity contribution in [2.75, 3.05) is 26.4 Å². The topological polar surface area (TPSA) is 82.5 Å². The van der Waals surface area contributed by atoms with E-state index >= 15 is 0 Å². The van der Waals surface area contributed by atoms with Crippen LogP contribution in [0.5, 0.6) is 0 Å². The van der Waals surface area contributed by atoms with Crippen molar-refractivity contribution in [2.24, 2.45) is 5.41 Å². The van der Waals surface area contributed by atoms with Crippen molar-refractivity contribution in [3.05, 3.63) is 52.3 Å². The summed E-state index contributed by atoms with van der Waals surface area (Å²) in [6, 6.07) is 7.37. The van der Waals surface area contributed by atoms with E-state index < -0.39 is 0 Å². The maximum atomic E-state index is 12.9. The van der Waals surface area contributed by atoms with Crippen LogP contribution in [0.15, 0.2) is 24.3 Å². The van der Waals surface area contributed by atoms with Crippen LogP contribution in [0.25, 0.3) is 0 Å². The molecule has 3 heterocycles. The molecule has 0 aliphatic carbocycles. The minimum atomic E-state index is -0.311. The zero-order valence-electron chi connectivity index (χ0n) is 18.4. The maximum absolute atomic E-state index is 12.9. The van der Waals surface area contributed by atoms with Crippen molar-refractivity contribution >= 4 is 11.9 Å². The SMILES string of the molecule is CCc1nn(CCCOC(=O)c2ccc(C)cc2)c2c1C(=O)NCC1(CCOCC1)C2. The molecule has 0 saturated carbocycles. The third-order valence-electron chi connectivity index (χ3n) is 6.45. The Labute approximate surface area is 183 Å². The Morgan fingerprint density at radius 3 is 2.71 bits per heavy atom. The summed E-state index contributed by atoms with van der Waals surface area (Å²) in [4.78, 5) is 25.1. The highest BCUT2D eigenvalue weighted by Crippen LogP contribution is 2.37. The summed E-state index contributed by atoms with van der Waals surface area (Å²) in [5.41, 5.74) is 4.29. The first-order chi connectivity index (χ1) is 15.0. The number of carbonyl (C=O) groups excluding carboxylic acids is 2. The molecule has 1 amide bonds. The third kappa shape index (κ3) is 4.66. The summed E-state index contributed by atoms with van der Waals surface area (Å²) in [5.74, 6) is -0.332. The Bertz CT molecular complexity index is 942. The van der Waals surface area contributed by atoms with Gasteiger partial charge in [-0.2, -0.15) is 5.10 Å². The van der Waals surface area contributed by atoms with Gasteiger partial charge < -0.3 is 14.8 Å². The quantitative estimate of drug-likeness (QED) is 0.568. The summed E-state index contributed by atoms with van der Waals surface area (Å²) in [7, 11) is 0. The van der Waals surface area contributed by atoms with Crippen LogP contribution in [-0.4, -0.2) is 48.0 Å². The molecule has 1 aromatic carbocycles. The fraction of sp³-hybridized carbons (Fsp3) is 0.542. The van der Waals surface area contributed by atoms with E-state index in [1.165, 1.54) is 0 Å². The number of aryl methyl sites for hydroxylation is 3. The molecule has 1 fully saturated rings. The van der Waals surface area contributed by atoms with Crippen LogP contribution in [0.4, 0.5) is 0 Å². The third-order valence-corrected chi connectivity index (χ3v) is 6.45. The summed E-state index contributed by atoms with van der Waals surface area (Å²) in [6.45, 7) is 7.08. The average Bonchev–Trinajstić information content (AvgIpc) is 3.06. The predicted molar refractivity (Wildman–Crippen MR) is 116 cm³/mol. The van der Waals surface area contributed by atoms with Crippen LogP contribution in [0.1, 0.15) is 63.9 Å². The van der Waals surface area contributed by atoms with Crippen molar-refractivity contribution in [3.8, 4) is 0 Å². The van der Waals surface area contributed by atoms with Crippen LogP contribution < -0.4 is 5.32 Å². The van der Waals surface area contributed by atoms with E-state index in [1.807, 2.05) is 30.7 Å². The van der Waals surface area contributed by atoms with Gasteiger partial charge in [-0.05, 0) is 50.2 Å². The zero-order valence-corrected chi connectivity index (χ0v) is 18.4. The maximum Gasteiger partial charge on any atom is 0.338 e. The Hall–Kier alpha value is -2.67. The number of ether oxygens (including phenoxy) is 2. The highest BCUT2D eigenvalue weighted by molar-refractivity contribution is 5.97. The molecule has 1 spiro atoms. The minimum Gasteiger partial charge on any atom is -0.462 e. The molecule has 0 atom stereocenters. The molecular formula is C24H31N3O4. The number of amides is 1. The van der Waals surface area contributed by atoms with Crippen LogP contribution >= 0.6 is 0 Å². The molecule has 0 bridgehead atoms. The smallest absolute Gasteiger partial charge is 0.338 e. The van der Waals surface area contributed by atoms with Crippen molar-refractivity contribution in [3.63, 3.8) is 0 Å². The van der Waals surface area contributed by atoms with Gasteiger partial charge in [0.05, 0.1) is 29.1 Å². The molecule has 0 unspecified atom stereocenters. The lowest BCUT2D eigenvalue weighted by Gasteiger charge is -2.36. The molecule has 1 N–H and O–H groups in total. The second-order valence-electron chi connectivity index (χ2n) is 8.67. The number of aromatic nitrogens is 2. The number of carbonyl (C=O) groups is 2. The highest BCUT2D eigenvalue weighted by atomic mass is 16.5. The Morgan fingerprint density at radius 2 is 2.00 bits per heavy atom. The van der Waals surface area contributed by atoms with Gasteiger partial charge in [-0.15, -0.1) is 0 Å². The number of nitrogens with zero attached hydrogens (tertiary/aromatic N) is 2. The lowest BCUT2D eigenvalue weighted by molar-refractivity contribution is 0.0152. The second-order valence-corrected chi connectivity index (χ2v) is 8.67. The molecule has 2 aliphatic rings. The van der Waals surface area contributed by atoms with E-state index in [1.54, 1.807) is 12.1 Å².